The maximum atomic E-state index is 4.56. The first-order chi connectivity index (χ1) is 7.86. The summed E-state index contributed by atoms with van der Waals surface area (Å²) in [6.07, 6.45) is 10.6. The quantitative estimate of drug-likeness (QED) is 0.325. The van der Waals surface area contributed by atoms with Gasteiger partial charge in [0.1, 0.15) is 0 Å². The Morgan fingerprint density at radius 1 is 1.38 bits per heavy atom. The summed E-state index contributed by atoms with van der Waals surface area (Å²) in [5, 5.41) is 6.81. The Morgan fingerprint density at radius 2 is 2.12 bits per heavy atom. The minimum absolute atomic E-state index is 0.638. The maximum Gasteiger partial charge on any atom is 0.191 e. The van der Waals surface area contributed by atoms with Gasteiger partial charge in [0.05, 0.1) is 0 Å². The van der Waals surface area contributed by atoms with Crippen LogP contribution in [-0.2, 0) is 0 Å². The monoisotopic (exact) mass is 223 g/mol. The van der Waals surface area contributed by atoms with Crippen molar-refractivity contribution in [3.05, 3.63) is 12.2 Å². The standard InChI is InChI=1S/C13H25N3/c1-3-5-8-11-15-13(14-4-2)16-12-9-6-7-10-12/h3,5,12H,4,6-11H2,1-2H3,(H2,14,15,16). The number of nitrogens with zero attached hydrogens (tertiary/aromatic N) is 1. The Balaban J connectivity index is 2.32. The molecule has 1 fully saturated rings. The van der Waals surface area contributed by atoms with Gasteiger partial charge in [-0.05, 0) is 33.1 Å². The molecule has 0 unspecified atom stereocenters. The van der Waals surface area contributed by atoms with Crippen LogP contribution in [0.2, 0.25) is 0 Å². The molecule has 3 heteroatoms. The van der Waals surface area contributed by atoms with Gasteiger partial charge in [0.15, 0.2) is 5.96 Å². The van der Waals surface area contributed by atoms with Crippen molar-refractivity contribution in [3.63, 3.8) is 0 Å². The van der Waals surface area contributed by atoms with Crippen LogP contribution in [0.25, 0.3) is 0 Å². The predicted molar refractivity (Wildman–Crippen MR) is 70.8 cm³/mol. The first-order valence-electron chi connectivity index (χ1n) is 6.52. The molecule has 0 aromatic heterocycles. The average molecular weight is 223 g/mol. The van der Waals surface area contributed by atoms with Crippen molar-refractivity contribution in [2.24, 2.45) is 4.99 Å². The lowest BCUT2D eigenvalue weighted by Crippen LogP contribution is -2.42. The molecule has 0 spiro atoms. The summed E-state index contributed by atoms with van der Waals surface area (Å²) in [5.41, 5.74) is 0. The highest BCUT2D eigenvalue weighted by Crippen LogP contribution is 2.17. The fourth-order valence-electron chi connectivity index (χ4n) is 2.00. The van der Waals surface area contributed by atoms with Gasteiger partial charge in [-0.1, -0.05) is 25.0 Å². The van der Waals surface area contributed by atoms with Crippen LogP contribution in [0.3, 0.4) is 0 Å². The van der Waals surface area contributed by atoms with Crippen LogP contribution in [0, 0.1) is 0 Å². The van der Waals surface area contributed by atoms with E-state index in [-0.39, 0.29) is 0 Å². The van der Waals surface area contributed by atoms with Crippen LogP contribution in [0.5, 0.6) is 0 Å². The zero-order chi connectivity index (χ0) is 11.6. The zero-order valence-corrected chi connectivity index (χ0v) is 10.6. The summed E-state index contributed by atoms with van der Waals surface area (Å²) < 4.78 is 0. The third kappa shape index (κ3) is 5.19. The van der Waals surface area contributed by atoms with Gasteiger partial charge >= 0.3 is 0 Å². The maximum absolute atomic E-state index is 4.56. The summed E-state index contributed by atoms with van der Waals surface area (Å²) in [6, 6.07) is 0.638. The molecule has 2 N–H and O–H groups in total. The fraction of sp³-hybridized carbons (Fsp3) is 0.769. The summed E-state index contributed by atoms with van der Waals surface area (Å²) in [4.78, 5) is 4.56. The number of rotatable bonds is 5. The van der Waals surface area contributed by atoms with Crippen molar-refractivity contribution in [1.29, 1.82) is 0 Å². The van der Waals surface area contributed by atoms with Gasteiger partial charge in [-0.25, -0.2) is 0 Å². The molecular weight excluding hydrogens is 198 g/mol. The number of guanidine groups is 1. The lowest BCUT2D eigenvalue weighted by molar-refractivity contribution is 0.614. The average Bonchev–Trinajstić information content (AvgIpc) is 2.77. The fourth-order valence-corrected chi connectivity index (χ4v) is 2.00. The number of aliphatic imine (C=N–C) groups is 1. The second kappa shape index (κ2) is 8.20. The first-order valence-corrected chi connectivity index (χ1v) is 6.52. The van der Waals surface area contributed by atoms with Crippen molar-refractivity contribution >= 4 is 5.96 Å². The summed E-state index contributed by atoms with van der Waals surface area (Å²) >= 11 is 0. The molecule has 0 bridgehead atoms. The van der Waals surface area contributed by atoms with Crippen LogP contribution >= 0.6 is 0 Å². The van der Waals surface area contributed by atoms with Crippen molar-refractivity contribution < 1.29 is 0 Å². The molecular formula is C13H25N3. The van der Waals surface area contributed by atoms with Gasteiger partial charge in [-0.3, -0.25) is 4.99 Å². The largest absolute Gasteiger partial charge is 0.357 e. The van der Waals surface area contributed by atoms with E-state index in [1.807, 2.05) is 6.92 Å². The molecule has 0 aliphatic heterocycles. The smallest absolute Gasteiger partial charge is 0.191 e. The minimum Gasteiger partial charge on any atom is -0.357 e. The van der Waals surface area contributed by atoms with E-state index in [9.17, 15) is 0 Å². The van der Waals surface area contributed by atoms with E-state index in [2.05, 4.69) is 34.7 Å². The number of nitrogens with one attached hydrogen (secondary N) is 2. The molecule has 0 amide bonds. The molecule has 0 atom stereocenters. The Labute approximate surface area is 99.4 Å². The molecule has 0 radical (unpaired) electrons. The molecule has 0 heterocycles. The van der Waals surface area contributed by atoms with Gasteiger partial charge < -0.3 is 10.6 Å². The summed E-state index contributed by atoms with van der Waals surface area (Å²) in [6.45, 7) is 5.96. The third-order valence-corrected chi connectivity index (χ3v) is 2.84. The van der Waals surface area contributed by atoms with Crippen LogP contribution in [0.1, 0.15) is 46.0 Å². The Morgan fingerprint density at radius 3 is 2.75 bits per heavy atom. The zero-order valence-electron chi connectivity index (χ0n) is 10.6. The van der Waals surface area contributed by atoms with Crippen LogP contribution in [0.15, 0.2) is 17.1 Å². The highest BCUT2D eigenvalue weighted by molar-refractivity contribution is 5.80. The van der Waals surface area contributed by atoms with Gasteiger partial charge in [0.2, 0.25) is 0 Å². The number of hydrogen-bond acceptors (Lipinski definition) is 1. The van der Waals surface area contributed by atoms with E-state index in [4.69, 9.17) is 0 Å². The molecule has 0 aromatic carbocycles. The van der Waals surface area contributed by atoms with E-state index >= 15 is 0 Å². The minimum atomic E-state index is 0.638. The number of hydrogen-bond donors (Lipinski definition) is 2. The van der Waals surface area contributed by atoms with Gasteiger partial charge in [-0.2, -0.15) is 0 Å². The van der Waals surface area contributed by atoms with Crippen LogP contribution in [0.4, 0.5) is 0 Å². The lowest BCUT2D eigenvalue weighted by Gasteiger charge is -2.16. The molecule has 0 aromatic rings. The molecule has 1 aliphatic rings. The van der Waals surface area contributed by atoms with Crippen molar-refractivity contribution in [2.45, 2.75) is 52.0 Å². The molecule has 16 heavy (non-hydrogen) atoms. The normalized spacial score (nSPS) is 18.2. The third-order valence-electron chi connectivity index (χ3n) is 2.84. The van der Waals surface area contributed by atoms with E-state index in [0.29, 0.717) is 6.04 Å². The first kappa shape index (κ1) is 13.1. The molecule has 1 rings (SSSR count). The number of allylic oxidation sites excluding steroid dienone is 1. The second-order valence-electron chi connectivity index (χ2n) is 4.24. The molecule has 92 valence electrons. The molecule has 3 nitrogen and oxygen atoms in total. The molecule has 1 saturated carbocycles. The van der Waals surface area contributed by atoms with Gasteiger partial charge in [0.25, 0.3) is 0 Å². The second-order valence-corrected chi connectivity index (χ2v) is 4.24. The van der Waals surface area contributed by atoms with E-state index in [0.717, 1.165) is 25.5 Å². The van der Waals surface area contributed by atoms with Crippen LogP contribution < -0.4 is 10.6 Å². The van der Waals surface area contributed by atoms with E-state index in [1.165, 1.54) is 25.7 Å². The van der Waals surface area contributed by atoms with Crippen LogP contribution in [-0.4, -0.2) is 25.1 Å². The van der Waals surface area contributed by atoms with E-state index < -0.39 is 0 Å². The van der Waals surface area contributed by atoms with Gasteiger partial charge in [-0.15, -0.1) is 0 Å². The SMILES string of the molecule is CC=CCCN=C(NCC)NC1CCCC1. The summed E-state index contributed by atoms with van der Waals surface area (Å²) in [5.74, 6) is 0.985. The lowest BCUT2D eigenvalue weighted by atomic mass is 10.2. The molecule has 1 aliphatic carbocycles. The predicted octanol–water partition coefficient (Wildman–Crippen LogP) is 2.45. The molecule has 0 saturated heterocycles. The van der Waals surface area contributed by atoms with Crippen molar-refractivity contribution in [3.8, 4) is 0 Å². The highest BCUT2D eigenvalue weighted by Gasteiger charge is 2.15. The Bertz CT molecular complexity index is 227. The Kier molecular flexibility index (Phi) is 6.70. The highest BCUT2D eigenvalue weighted by atomic mass is 15.2. The summed E-state index contributed by atoms with van der Waals surface area (Å²) in [7, 11) is 0. The van der Waals surface area contributed by atoms with E-state index in [1.54, 1.807) is 0 Å². The van der Waals surface area contributed by atoms with Crippen molar-refractivity contribution in [2.75, 3.05) is 13.1 Å². The topological polar surface area (TPSA) is 36.4 Å². The van der Waals surface area contributed by atoms with Crippen molar-refractivity contribution in [1.82, 2.24) is 10.6 Å². The Hall–Kier alpha value is -0.990. The van der Waals surface area contributed by atoms with Gasteiger partial charge in [0, 0.05) is 19.1 Å².